The Labute approximate surface area is 175 Å². The van der Waals surface area contributed by atoms with Crippen LogP contribution < -0.4 is 10.7 Å². The van der Waals surface area contributed by atoms with E-state index in [1.54, 1.807) is 6.21 Å². The average molecular weight is 407 g/mol. The van der Waals surface area contributed by atoms with Crippen molar-refractivity contribution < 1.29 is 4.79 Å². The lowest BCUT2D eigenvalue weighted by molar-refractivity contribution is -0.114. The number of nitrogens with zero attached hydrogens (tertiary/aromatic N) is 2. The number of hydrogen-bond acceptors (Lipinski definition) is 5. The van der Waals surface area contributed by atoms with Gasteiger partial charge in [0.25, 0.3) is 0 Å². The van der Waals surface area contributed by atoms with E-state index in [0.29, 0.717) is 10.1 Å². The van der Waals surface area contributed by atoms with Crippen LogP contribution in [0.15, 0.2) is 53.6 Å². The Morgan fingerprint density at radius 3 is 2.31 bits per heavy atom. The van der Waals surface area contributed by atoms with Gasteiger partial charge in [-0.1, -0.05) is 86.2 Å². The topological polar surface area (TPSA) is 66.4 Å². The zero-order valence-corrected chi connectivity index (χ0v) is 18.2. The Balaban J connectivity index is 1.77. The molecule has 2 N–H and O–H groups in total. The highest BCUT2D eigenvalue weighted by atomic mass is 32.1. The molecule has 1 aromatic heterocycles. The molecule has 1 heterocycles. The van der Waals surface area contributed by atoms with Gasteiger partial charge < -0.3 is 5.32 Å². The first-order chi connectivity index (χ1) is 13.7. The Bertz CT molecular complexity index is 1010. The molecule has 2 aromatic carbocycles. The SMILES string of the molecule is CC(=O)Nc1sc(N/N=C\c2ccc(C(C)(C)C)cc2)nc1-c1ccc(C)cc1. The highest BCUT2D eigenvalue weighted by Gasteiger charge is 2.14. The largest absolute Gasteiger partial charge is 0.316 e. The lowest BCUT2D eigenvalue weighted by Gasteiger charge is -2.18. The van der Waals surface area contributed by atoms with Crippen molar-refractivity contribution in [2.75, 3.05) is 10.7 Å². The maximum absolute atomic E-state index is 11.6. The number of carbonyl (C=O) groups is 1. The molecule has 29 heavy (non-hydrogen) atoms. The van der Waals surface area contributed by atoms with Gasteiger partial charge in [-0.05, 0) is 23.5 Å². The molecule has 0 aliphatic carbocycles. The van der Waals surface area contributed by atoms with Crippen molar-refractivity contribution >= 4 is 33.6 Å². The molecule has 0 radical (unpaired) electrons. The predicted molar refractivity (Wildman–Crippen MR) is 123 cm³/mol. The minimum atomic E-state index is -0.129. The van der Waals surface area contributed by atoms with Gasteiger partial charge in [0, 0.05) is 12.5 Å². The minimum absolute atomic E-state index is 0.126. The lowest BCUT2D eigenvalue weighted by atomic mass is 9.87. The van der Waals surface area contributed by atoms with Crippen LogP contribution in [-0.2, 0) is 10.2 Å². The van der Waals surface area contributed by atoms with Crippen molar-refractivity contribution in [2.24, 2.45) is 5.10 Å². The molecule has 0 aliphatic heterocycles. The van der Waals surface area contributed by atoms with Gasteiger partial charge in [-0.2, -0.15) is 5.10 Å². The number of nitrogens with one attached hydrogen (secondary N) is 2. The molecule has 1 amide bonds. The van der Waals surface area contributed by atoms with Crippen LogP contribution in [0, 0.1) is 6.92 Å². The van der Waals surface area contributed by atoms with Crippen molar-refractivity contribution in [3.63, 3.8) is 0 Å². The smallest absolute Gasteiger partial charge is 0.221 e. The number of amides is 1. The molecule has 0 saturated carbocycles. The second kappa shape index (κ2) is 8.57. The van der Waals surface area contributed by atoms with Gasteiger partial charge in [0.2, 0.25) is 11.0 Å². The van der Waals surface area contributed by atoms with E-state index in [2.05, 4.69) is 53.7 Å². The lowest BCUT2D eigenvalue weighted by Crippen LogP contribution is -2.10. The molecule has 0 spiro atoms. The van der Waals surface area contributed by atoms with E-state index >= 15 is 0 Å². The van der Waals surface area contributed by atoms with Crippen molar-refractivity contribution in [3.8, 4) is 11.3 Å². The van der Waals surface area contributed by atoms with E-state index in [-0.39, 0.29) is 11.3 Å². The van der Waals surface area contributed by atoms with Gasteiger partial charge in [0.1, 0.15) is 10.7 Å². The van der Waals surface area contributed by atoms with E-state index in [0.717, 1.165) is 16.8 Å². The van der Waals surface area contributed by atoms with Gasteiger partial charge in [-0.15, -0.1) is 0 Å². The summed E-state index contributed by atoms with van der Waals surface area (Å²) in [6.45, 7) is 10.1. The summed E-state index contributed by atoms with van der Waals surface area (Å²) in [4.78, 5) is 16.2. The van der Waals surface area contributed by atoms with E-state index in [4.69, 9.17) is 0 Å². The highest BCUT2D eigenvalue weighted by Crippen LogP contribution is 2.36. The molecule has 6 heteroatoms. The molecule has 0 fully saturated rings. The zero-order chi connectivity index (χ0) is 21.0. The third-order valence-electron chi connectivity index (χ3n) is 4.39. The molecule has 3 rings (SSSR count). The summed E-state index contributed by atoms with van der Waals surface area (Å²) in [5.74, 6) is -0.129. The van der Waals surface area contributed by atoms with Crippen molar-refractivity contribution in [1.29, 1.82) is 0 Å². The first-order valence-electron chi connectivity index (χ1n) is 9.47. The van der Waals surface area contributed by atoms with Gasteiger partial charge in [-0.25, -0.2) is 4.98 Å². The van der Waals surface area contributed by atoms with Gasteiger partial charge >= 0.3 is 0 Å². The van der Waals surface area contributed by atoms with Gasteiger partial charge in [0.15, 0.2) is 0 Å². The average Bonchev–Trinajstić information content (AvgIpc) is 3.04. The number of hydrogen-bond donors (Lipinski definition) is 2. The fourth-order valence-electron chi connectivity index (χ4n) is 2.75. The van der Waals surface area contributed by atoms with Crippen molar-refractivity contribution in [3.05, 3.63) is 65.2 Å². The standard InChI is InChI=1S/C23H26N4OS/c1-15-6-10-18(11-7-15)20-21(25-16(2)28)29-22(26-20)27-24-14-17-8-12-19(13-9-17)23(3,4)5/h6-14H,1-5H3,(H,25,28)(H,26,27)/b24-14-. The first-order valence-corrected chi connectivity index (χ1v) is 10.3. The Kier molecular flexibility index (Phi) is 6.13. The monoisotopic (exact) mass is 406 g/mol. The third-order valence-corrected chi connectivity index (χ3v) is 5.27. The summed E-state index contributed by atoms with van der Waals surface area (Å²) in [6.07, 6.45) is 1.76. The summed E-state index contributed by atoms with van der Waals surface area (Å²) >= 11 is 1.36. The van der Waals surface area contributed by atoms with Crippen LogP contribution >= 0.6 is 11.3 Å². The Morgan fingerprint density at radius 2 is 1.72 bits per heavy atom. The number of benzene rings is 2. The van der Waals surface area contributed by atoms with Crippen LogP contribution in [0.1, 0.15) is 44.4 Å². The van der Waals surface area contributed by atoms with Crippen molar-refractivity contribution in [1.82, 2.24) is 4.98 Å². The number of aryl methyl sites for hydroxylation is 1. The second-order valence-corrected chi connectivity index (χ2v) is 8.99. The van der Waals surface area contributed by atoms with Crippen LogP contribution in [0.5, 0.6) is 0 Å². The maximum atomic E-state index is 11.6. The summed E-state index contributed by atoms with van der Waals surface area (Å²) in [5, 5.41) is 8.49. The third kappa shape index (κ3) is 5.51. The summed E-state index contributed by atoms with van der Waals surface area (Å²) in [5.41, 5.74) is 8.25. The number of aromatic nitrogens is 1. The Morgan fingerprint density at radius 1 is 1.07 bits per heavy atom. The van der Waals surface area contributed by atoms with Crippen molar-refractivity contribution in [2.45, 2.75) is 40.0 Å². The van der Waals surface area contributed by atoms with Crippen LogP contribution in [0.25, 0.3) is 11.3 Å². The van der Waals surface area contributed by atoms with Crippen LogP contribution in [-0.4, -0.2) is 17.1 Å². The molecule has 0 unspecified atom stereocenters. The number of hydrazone groups is 1. The number of thiazole rings is 1. The highest BCUT2D eigenvalue weighted by molar-refractivity contribution is 7.20. The van der Waals surface area contributed by atoms with Crippen LogP contribution in [0.4, 0.5) is 10.1 Å². The van der Waals surface area contributed by atoms with Crippen LogP contribution in [0.3, 0.4) is 0 Å². The van der Waals surface area contributed by atoms with E-state index in [1.807, 2.05) is 43.3 Å². The number of rotatable bonds is 5. The molecule has 0 atom stereocenters. The summed E-state index contributed by atoms with van der Waals surface area (Å²) in [6, 6.07) is 16.4. The molecule has 150 valence electrons. The first kappa shape index (κ1) is 20.7. The normalized spacial score (nSPS) is 11.6. The number of anilines is 2. The zero-order valence-electron chi connectivity index (χ0n) is 17.4. The fourth-order valence-corrected chi connectivity index (χ4v) is 3.63. The van der Waals surface area contributed by atoms with E-state index < -0.39 is 0 Å². The fraction of sp³-hybridized carbons (Fsp3) is 0.261. The van der Waals surface area contributed by atoms with E-state index in [1.165, 1.54) is 29.4 Å². The maximum Gasteiger partial charge on any atom is 0.221 e. The van der Waals surface area contributed by atoms with E-state index in [9.17, 15) is 4.79 Å². The molecular weight excluding hydrogens is 380 g/mol. The second-order valence-electron chi connectivity index (χ2n) is 7.99. The summed E-state index contributed by atoms with van der Waals surface area (Å²) in [7, 11) is 0. The molecule has 0 bridgehead atoms. The molecule has 5 nitrogen and oxygen atoms in total. The molecule has 0 aliphatic rings. The minimum Gasteiger partial charge on any atom is -0.316 e. The van der Waals surface area contributed by atoms with Gasteiger partial charge in [0.05, 0.1) is 6.21 Å². The molecule has 0 saturated heterocycles. The summed E-state index contributed by atoms with van der Waals surface area (Å²) < 4.78 is 0. The number of carbonyl (C=O) groups excluding carboxylic acids is 1. The van der Waals surface area contributed by atoms with Crippen LogP contribution in [0.2, 0.25) is 0 Å². The Hall–Kier alpha value is -2.99. The molecular formula is C23H26N4OS. The quantitative estimate of drug-likeness (QED) is 0.414. The predicted octanol–water partition coefficient (Wildman–Crippen LogP) is 5.82. The molecule has 3 aromatic rings. The van der Waals surface area contributed by atoms with Gasteiger partial charge in [-0.3, -0.25) is 10.2 Å².